The summed E-state index contributed by atoms with van der Waals surface area (Å²) in [6.45, 7) is 4.42. The van der Waals surface area contributed by atoms with Gasteiger partial charge in [-0.2, -0.15) is 0 Å². The molecular formula is C19H21Cl2NO4. The zero-order valence-electron chi connectivity index (χ0n) is 14.9. The number of amides is 1. The number of hydrogen-bond donors (Lipinski definition) is 1. The second-order valence-electron chi connectivity index (χ2n) is 5.52. The molecule has 0 unspecified atom stereocenters. The first-order valence-corrected chi connectivity index (χ1v) is 8.85. The molecule has 0 fully saturated rings. The zero-order valence-corrected chi connectivity index (χ0v) is 16.4. The number of carbonyl (C=O) groups is 1. The number of nitrogens with one attached hydrogen (secondary N) is 1. The predicted octanol–water partition coefficient (Wildman–Crippen LogP) is 4.40. The van der Waals surface area contributed by atoms with E-state index in [-0.39, 0.29) is 12.5 Å². The first-order chi connectivity index (χ1) is 12.4. The van der Waals surface area contributed by atoms with Crippen LogP contribution in [-0.2, 0) is 11.3 Å². The summed E-state index contributed by atoms with van der Waals surface area (Å²) in [7, 11) is 1.54. The van der Waals surface area contributed by atoms with Gasteiger partial charge in [0, 0.05) is 11.6 Å². The molecule has 0 aliphatic heterocycles. The van der Waals surface area contributed by atoms with Crippen molar-refractivity contribution in [1.82, 2.24) is 5.32 Å². The number of rotatable bonds is 8. The van der Waals surface area contributed by atoms with Gasteiger partial charge < -0.3 is 19.5 Å². The van der Waals surface area contributed by atoms with Crippen LogP contribution in [0.3, 0.4) is 0 Å². The van der Waals surface area contributed by atoms with Crippen molar-refractivity contribution in [2.24, 2.45) is 0 Å². The lowest BCUT2D eigenvalue weighted by molar-refractivity contribution is -0.123. The van der Waals surface area contributed by atoms with Gasteiger partial charge in [-0.15, -0.1) is 0 Å². The van der Waals surface area contributed by atoms with Crippen LogP contribution in [0.1, 0.15) is 18.1 Å². The van der Waals surface area contributed by atoms with E-state index in [1.54, 1.807) is 37.4 Å². The summed E-state index contributed by atoms with van der Waals surface area (Å²) in [4.78, 5) is 12.0. The monoisotopic (exact) mass is 397 g/mol. The molecule has 0 aliphatic carbocycles. The Morgan fingerprint density at radius 1 is 1.12 bits per heavy atom. The number of aryl methyl sites for hydroxylation is 1. The molecule has 1 amide bonds. The van der Waals surface area contributed by atoms with Gasteiger partial charge >= 0.3 is 0 Å². The Morgan fingerprint density at radius 2 is 1.88 bits per heavy atom. The zero-order chi connectivity index (χ0) is 19.1. The fourth-order valence-corrected chi connectivity index (χ4v) is 2.84. The maximum absolute atomic E-state index is 12.0. The van der Waals surface area contributed by atoms with E-state index in [0.29, 0.717) is 40.4 Å². The Kier molecular flexibility index (Phi) is 7.42. The summed E-state index contributed by atoms with van der Waals surface area (Å²) < 4.78 is 16.3. The molecular weight excluding hydrogens is 377 g/mol. The number of methoxy groups -OCH3 is 1. The fraction of sp³-hybridized carbons (Fsp3) is 0.316. The van der Waals surface area contributed by atoms with Crippen LogP contribution in [0.2, 0.25) is 10.0 Å². The summed E-state index contributed by atoms with van der Waals surface area (Å²) in [6.07, 6.45) is 0. The Balaban J connectivity index is 1.93. The standard InChI is InChI=1S/C19H21Cl2NO4/c1-4-25-19-15(21)8-13(9-17(19)24-3)10-22-18(23)11-26-16-6-5-14(20)7-12(16)2/h5-9H,4,10-11H2,1-3H3,(H,22,23). The molecule has 140 valence electrons. The Labute approximate surface area is 163 Å². The van der Waals surface area contributed by atoms with Crippen LogP contribution in [0, 0.1) is 6.92 Å². The molecule has 5 nitrogen and oxygen atoms in total. The van der Waals surface area contributed by atoms with Crippen molar-refractivity contribution in [2.45, 2.75) is 20.4 Å². The van der Waals surface area contributed by atoms with Crippen molar-refractivity contribution in [3.05, 3.63) is 51.5 Å². The van der Waals surface area contributed by atoms with Gasteiger partial charge in [0.05, 0.1) is 18.7 Å². The molecule has 1 N–H and O–H groups in total. The van der Waals surface area contributed by atoms with Crippen molar-refractivity contribution < 1.29 is 19.0 Å². The van der Waals surface area contributed by atoms with Crippen LogP contribution in [0.15, 0.2) is 30.3 Å². The minimum atomic E-state index is -0.247. The first kappa shape index (κ1) is 20.2. The van der Waals surface area contributed by atoms with Crippen molar-refractivity contribution in [2.75, 3.05) is 20.3 Å². The highest BCUT2D eigenvalue weighted by Crippen LogP contribution is 2.36. The maximum Gasteiger partial charge on any atom is 0.258 e. The molecule has 26 heavy (non-hydrogen) atoms. The van der Waals surface area contributed by atoms with Crippen LogP contribution in [0.25, 0.3) is 0 Å². The van der Waals surface area contributed by atoms with E-state index in [0.717, 1.165) is 11.1 Å². The average Bonchev–Trinajstić information content (AvgIpc) is 2.61. The van der Waals surface area contributed by atoms with Crippen molar-refractivity contribution in [3.8, 4) is 17.2 Å². The predicted molar refractivity (Wildman–Crippen MR) is 103 cm³/mol. The summed E-state index contributed by atoms with van der Waals surface area (Å²) in [5, 5.41) is 3.84. The number of hydrogen-bond acceptors (Lipinski definition) is 4. The molecule has 2 rings (SSSR count). The quantitative estimate of drug-likeness (QED) is 0.716. The van der Waals surface area contributed by atoms with Crippen LogP contribution < -0.4 is 19.5 Å². The van der Waals surface area contributed by atoms with Crippen molar-refractivity contribution in [1.29, 1.82) is 0 Å². The van der Waals surface area contributed by atoms with E-state index in [9.17, 15) is 4.79 Å². The second-order valence-corrected chi connectivity index (χ2v) is 6.36. The lowest BCUT2D eigenvalue weighted by Gasteiger charge is -2.14. The first-order valence-electron chi connectivity index (χ1n) is 8.09. The number of halogens is 2. The highest BCUT2D eigenvalue weighted by molar-refractivity contribution is 6.32. The molecule has 2 aromatic rings. The Bertz CT molecular complexity index is 780. The Morgan fingerprint density at radius 3 is 2.54 bits per heavy atom. The van der Waals surface area contributed by atoms with Gasteiger partial charge in [-0.25, -0.2) is 0 Å². The molecule has 0 bridgehead atoms. The van der Waals surface area contributed by atoms with E-state index >= 15 is 0 Å². The van der Waals surface area contributed by atoms with Gasteiger partial charge in [-0.05, 0) is 55.3 Å². The van der Waals surface area contributed by atoms with Crippen LogP contribution in [-0.4, -0.2) is 26.2 Å². The topological polar surface area (TPSA) is 56.8 Å². The second kappa shape index (κ2) is 9.55. The third-order valence-corrected chi connectivity index (χ3v) is 4.08. The highest BCUT2D eigenvalue weighted by atomic mass is 35.5. The molecule has 0 heterocycles. The van der Waals surface area contributed by atoms with Gasteiger partial charge in [-0.3, -0.25) is 4.79 Å². The molecule has 2 aromatic carbocycles. The number of ether oxygens (including phenoxy) is 3. The molecule has 0 spiro atoms. The van der Waals surface area contributed by atoms with Crippen LogP contribution >= 0.6 is 23.2 Å². The molecule has 0 aliphatic rings. The van der Waals surface area contributed by atoms with Gasteiger partial charge in [0.25, 0.3) is 5.91 Å². The summed E-state index contributed by atoms with van der Waals surface area (Å²) in [6, 6.07) is 8.75. The highest BCUT2D eigenvalue weighted by Gasteiger charge is 2.12. The Hall–Kier alpha value is -2.11. The smallest absolute Gasteiger partial charge is 0.258 e. The van der Waals surface area contributed by atoms with Gasteiger partial charge in [0.1, 0.15) is 5.75 Å². The van der Waals surface area contributed by atoms with E-state index in [2.05, 4.69) is 5.32 Å². The molecule has 0 saturated carbocycles. The van der Waals surface area contributed by atoms with E-state index in [1.807, 2.05) is 13.8 Å². The fourth-order valence-electron chi connectivity index (χ4n) is 2.33. The number of benzene rings is 2. The normalized spacial score (nSPS) is 10.3. The minimum absolute atomic E-state index is 0.0929. The van der Waals surface area contributed by atoms with Gasteiger partial charge in [0.15, 0.2) is 18.1 Å². The maximum atomic E-state index is 12.0. The largest absolute Gasteiger partial charge is 0.493 e. The SMILES string of the molecule is CCOc1c(Cl)cc(CNC(=O)COc2ccc(Cl)cc2C)cc1OC. The minimum Gasteiger partial charge on any atom is -0.493 e. The molecule has 0 radical (unpaired) electrons. The molecule has 7 heteroatoms. The van der Waals surface area contributed by atoms with Gasteiger partial charge in [0.2, 0.25) is 0 Å². The summed E-state index contributed by atoms with van der Waals surface area (Å²) in [5.74, 6) is 1.39. The van der Waals surface area contributed by atoms with Gasteiger partial charge in [-0.1, -0.05) is 23.2 Å². The summed E-state index contributed by atoms with van der Waals surface area (Å²) >= 11 is 12.1. The van der Waals surface area contributed by atoms with E-state index in [4.69, 9.17) is 37.4 Å². The van der Waals surface area contributed by atoms with E-state index < -0.39 is 0 Å². The van der Waals surface area contributed by atoms with Crippen molar-refractivity contribution >= 4 is 29.1 Å². The summed E-state index contributed by atoms with van der Waals surface area (Å²) in [5.41, 5.74) is 1.67. The van der Waals surface area contributed by atoms with Crippen molar-refractivity contribution in [3.63, 3.8) is 0 Å². The lowest BCUT2D eigenvalue weighted by atomic mass is 10.2. The molecule has 0 atom stereocenters. The van der Waals surface area contributed by atoms with Crippen LogP contribution in [0.5, 0.6) is 17.2 Å². The third-order valence-electron chi connectivity index (χ3n) is 3.56. The van der Waals surface area contributed by atoms with Crippen LogP contribution in [0.4, 0.5) is 0 Å². The lowest BCUT2D eigenvalue weighted by Crippen LogP contribution is -2.28. The molecule has 0 aromatic heterocycles. The van der Waals surface area contributed by atoms with E-state index in [1.165, 1.54) is 0 Å². The average molecular weight is 398 g/mol. The number of carbonyl (C=O) groups excluding carboxylic acids is 1. The third kappa shape index (κ3) is 5.44. The molecule has 0 saturated heterocycles.